The van der Waals surface area contributed by atoms with Gasteiger partial charge in [-0.3, -0.25) is 9.59 Å². The maximum Gasteiger partial charge on any atom is 0.320 e. The molecule has 1 heterocycles. The zero-order valence-corrected chi connectivity index (χ0v) is 10.1. The number of ether oxygens (including phenoxy) is 2. The van der Waals surface area contributed by atoms with Crippen LogP contribution in [0.4, 0.5) is 0 Å². The summed E-state index contributed by atoms with van der Waals surface area (Å²) < 4.78 is 10.7. The van der Waals surface area contributed by atoms with Crippen LogP contribution in [0.1, 0.15) is 10.4 Å². The van der Waals surface area contributed by atoms with Gasteiger partial charge < -0.3 is 9.47 Å². The van der Waals surface area contributed by atoms with Crippen molar-refractivity contribution >= 4 is 27.7 Å². The van der Waals surface area contributed by atoms with E-state index in [0.717, 1.165) is 0 Å². The van der Waals surface area contributed by atoms with Gasteiger partial charge in [0.25, 0.3) is 0 Å². The van der Waals surface area contributed by atoms with Gasteiger partial charge in [0, 0.05) is 0 Å². The van der Waals surface area contributed by atoms with Crippen molar-refractivity contribution in [1.29, 1.82) is 0 Å². The third kappa shape index (κ3) is 1.71. The average molecular weight is 285 g/mol. The van der Waals surface area contributed by atoms with Gasteiger partial charge in [-0.1, -0.05) is 6.07 Å². The number of hydrogen-bond donors (Lipinski definition) is 0. The molecule has 0 saturated carbocycles. The molecule has 1 aromatic rings. The number of rotatable bonds is 1. The Morgan fingerprint density at radius 2 is 2.31 bits per heavy atom. The molecule has 0 radical (unpaired) electrons. The van der Waals surface area contributed by atoms with Crippen LogP contribution in [0.2, 0.25) is 0 Å². The second kappa shape index (κ2) is 4.25. The Morgan fingerprint density at radius 3 is 3.00 bits per heavy atom. The fourth-order valence-electron chi connectivity index (χ4n) is 1.60. The zero-order valence-electron chi connectivity index (χ0n) is 8.53. The Kier molecular flexibility index (Phi) is 2.96. The van der Waals surface area contributed by atoms with Gasteiger partial charge in [0.2, 0.25) is 0 Å². The molecule has 1 unspecified atom stereocenters. The van der Waals surface area contributed by atoms with Gasteiger partial charge in [0.15, 0.2) is 11.7 Å². The third-order valence-corrected chi connectivity index (χ3v) is 3.05. The summed E-state index contributed by atoms with van der Waals surface area (Å²) in [5, 5.41) is 0. The van der Waals surface area contributed by atoms with Crippen molar-refractivity contribution in [2.45, 2.75) is 0 Å². The van der Waals surface area contributed by atoms with Crippen molar-refractivity contribution in [3.63, 3.8) is 0 Å². The van der Waals surface area contributed by atoms with E-state index in [1.165, 1.54) is 7.11 Å². The molecule has 0 bridgehead atoms. The molecular formula is C11H9BrO4. The Bertz CT molecular complexity index is 455. The number of methoxy groups -OCH3 is 1. The summed E-state index contributed by atoms with van der Waals surface area (Å²) in [5.74, 6) is -1.18. The summed E-state index contributed by atoms with van der Waals surface area (Å²) in [4.78, 5) is 23.3. The normalized spacial score (nSPS) is 18.6. The lowest BCUT2D eigenvalue weighted by atomic mass is 9.95. The number of benzene rings is 1. The van der Waals surface area contributed by atoms with E-state index in [1.54, 1.807) is 18.2 Å². The maximum absolute atomic E-state index is 12.0. The molecule has 84 valence electrons. The minimum atomic E-state index is -0.855. The van der Waals surface area contributed by atoms with Crippen LogP contribution in [0.5, 0.6) is 5.75 Å². The van der Waals surface area contributed by atoms with Gasteiger partial charge in [-0.2, -0.15) is 0 Å². The van der Waals surface area contributed by atoms with Crippen LogP contribution in [0.15, 0.2) is 22.7 Å². The first kappa shape index (κ1) is 11.1. The molecular weight excluding hydrogens is 276 g/mol. The molecule has 0 aromatic heterocycles. The third-order valence-electron chi connectivity index (χ3n) is 2.43. The summed E-state index contributed by atoms with van der Waals surface area (Å²) in [5.41, 5.74) is 0.413. The van der Waals surface area contributed by atoms with Crippen molar-refractivity contribution in [2.75, 3.05) is 13.7 Å². The molecule has 4 nitrogen and oxygen atoms in total. The number of halogens is 1. The standard InChI is InChI=1S/C11H9BrO4/c1-15-11(14)7-5-16-10-6(9(7)13)3-2-4-8(10)12/h2-4,7H,5H2,1H3. The van der Waals surface area contributed by atoms with Crippen molar-refractivity contribution in [3.05, 3.63) is 28.2 Å². The first-order valence-electron chi connectivity index (χ1n) is 4.68. The Labute approximate surface area is 101 Å². The van der Waals surface area contributed by atoms with Crippen LogP contribution in [0, 0.1) is 5.92 Å². The fraction of sp³-hybridized carbons (Fsp3) is 0.273. The van der Waals surface area contributed by atoms with Crippen molar-refractivity contribution in [1.82, 2.24) is 0 Å². The molecule has 1 aliphatic rings. The Morgan fingerprint density at radius 1 is 1.56 bits per heavy atom. The van der Waals surface area contributed by atoms with Gasteiger partial charge in [0.05, 0.1) is 17.1 Å². The molecule has 5 heteroatoms. The lowest BCUT2D eigenvalue weighted by molar-refractivity contribution is -0.144. The van der Waals surface area contributed by atoms with Crippen LogP contribution in [0.3, 0.4) is 0 Å². The van der Waals surface area contributed by atoms with E-state index in [2.05, 4.69) is 20.7 Å². The predicted molar refractivity (Wildman–Crippen MR) is 59.5 cm³/mol. The second-order valence-corrected chi connectivity index (χ2v) is 4.22. The Hall–Kier alpha value is -1.36. The number of hydrogen-bond acceptors (Lipinski definition) is 4. The lowest BCUT2D eigenvalue weighted by Crippen LogP contribution is -2.35. The molecule has 0 spiro atoms. The van der Waals surface area contributed by atoms with Gasteiger partial charge in [-0.25, -0.2) is 0 Å². The quantitative estimate of drug-likeness (QED) is 0.583. The van der Waals surface area contributed by atoms with Crippen LogP contribution in [-0.2, 0) is 9.53 Å². The molecule has 0 N–H and O–H groups in total. The largest absolute Gasteiger partial charge is 0.490 e. The minimum Gasteiger partial charge on any atom is -0.490 e. The predicted octanol–water partition coefficient (Wildman–Crippen LogP) is 1.81. The molecule has 0 aliphatic carbocycles. The fourth-order valence-corrected chi connectivity index (χ4v) is 2.08. The van der Waals surface area contributed by atoms with Crippen LogP contribution in [0.25, 0.3) is 0 Å². The lowest BCUT2D eigenvalue weighted by Gasteiger charge is -2.23. The molecule has 1 atom stereocenters. The highest BCUT2D eigenvalue weighted by Gasteiger charge is 2.35. The monoisotopic (exact) mass is 284 g/mol. The molecule has 0 saturated heterocycles. The van der Waals surface area contributed by atoms with Crippen LogP contribution in [-0.4, -0.2) is 25.5 Å². The number of carbonyl (C=O) groups is 2. The highest BCUT2D eigenvalue weighted by atomic mass is 79.9. The average Bonchev–Trinajstić information content (AvgIpc) is 2.30. The number of carbonyl (C=O) groups excluding carboxylic acids is 2. The first-order valence-corrected chi connectivity index (χ1v) is 5.48. The van der Waals surface area contributed by atoms with E-state index < -0.39 is 11.9 Å². The van der Waals surface area contributed by atoms with Gasteiger partial charge in [0.1, 0.15) is 12.4 Å². The topological polar surface area (TPSA) is 52.6 Å². The molecule has 1 aromatic carbocycles. The van der Waals surface area contributed by atoms with Gasteiger partial charge in [-0.15, -0.1) is 0 Å². The number of esters is 1. The number of ketones is 1. The van der Waals surface area contributed by atoms with Crippen LogP contribution >= 0.6 is 15.9 Å². The highest BCUT2D eigenvalue weighted by molar-refractivity contribution is 9.10. The van der Waals surface area contributed by atoms with E-state index >= 15 is 0 Å². The number of Topliss-reactive ketones (excluding diaryl/α,β-unsaturated/α-hetero) is 1. The first-order chi connectivity index (χ1) is 7.65. The molecule has 0 fully saturated rings. The Balaban J connectivity index is 2.40. The van der Waals surface area contributed by atoms with Crippen molar-refractivity contribution in [2.24, 2.45) is 5.92 Å². The van der Waals surface area contributed by atoms with Crippen molar-refractivity contribution in [3.8, 4) is 5.75 Å². The van der Waals surface area contributed by atoms with E-state index in [9.17, 15) is 9.59 Å². The van der Waals surface area contributed by atoms with Gasteiger partial charge in [-0.05, 0) is 28.1 Å². The van der Waals surface area contributed by atoms with Crippen molar-refractivity contribution < 1.29 is 19.1 Å². The minimum absolute atomic E-state index is 0.0289. The summed E-state index contributed by atoms with van der Waals surface area (Å²) >= 11 is 3.29. The summed E-state index contributed by atoms with van der Waals surface area (Å²) in [6, 6.07) is 5.14. The zero-order chi connectivity index (χ0) is 11.7. The molecule has 1 aliphatic heterocycles. The smallest absolute Gasteiger partial charge is 0.320 e. The van der Waals surface area contributed by atoms with Crippen LogP contribution < -0.4 is 4.74 Å². The molecule has 16 heavy (non-hydrogen) atoms. The SMILES string of the molecule is COC(=O)C1COc2c(Br)cccc2C1=O. The second-order valence-electron chi connectivity index (χ2n) is 3.37. The summed E-state index contributed by atoms with van der Waals surface area (Å²) in [6.07, 6.45) is 0. The summed E-state index contributed by atoms with van der Waals surface area (Å²) in [7, 11) is 1.26. The highest BCUT2D eigenvalue weighted by Crippen LogP contribution is 2.34. The van der Waals surface area contributed by atoms with E-state index in [1.807, 2.05) is 0 Å². The number of para-hydroxylation sites is 1. The number of fused-ring (bicyclic) bond motifs is 1. The van der Waals surface area contributed by atoms with E-state index in [0.29, 0.717) is 15.8 Å². The summed E-state index contributed by atoms with van der Waals surface area (Å²) in [6.45, 7) is 0.0289. The van der Waals surface area contributed by atoms with E-state index in [4.69, 9.17) is 4.74 Å². The molecule has 0 amide bonds. The maximum atomic E-state index is 12.0. The van der Waals surface area contributed by atoms with Gasteiger partial charge >= 0.3 is 5.97 Å². The van der Waals surface area contributed by atoms with E-state index in [-0.39, 0.29) is 12.4 Å². The molecule has 2 rings (SSSR count).